The van der Waals surface area contributed by atoms with Crippen LogP contribution in [0.4, 0.5) is 0 Å². The lowest BCUT2D eigenvalue weighted by atomic mass is 10.0. The molecule has 0 N–H and O–H groups in total. The van der Waals surface area contributed by atoms with Gasteiger partial charge < -0.3 is 14.2 Å². The number of ether oxygens (including phenoxy) is 3. The molecule has 354 valence electrons. The summed E-state index contributed by atoms with van der Waals surface area (Å²) >= 11 is 0. The minimum Gasteiger partial charge on any atom is -0.462 e. The number of allylic oxidation sites excluding steroid dienone is 14. The number of hydrogen-bond acceptors (Lipinski definition) is 6. The largest absolute Gasteiger partial charge is 0.462 e. The minimum absolute atomic E-state index is 0.113. The fraction of sp³-hybridized carbons (Fsp3) is 0.696. The molecule has 0 aromatic rings. The van der Waals surface area contributed by atoms with Gasteiger partial charge in [-0.3, -0.25) is 14.4 Å². The molecule has 6 heteroatoms. The van der Waals surface area contributed by atoms with Gasteiger partial charge in [-0.1, -0.05) is 209 Å². The Balaban J connectivity index is 4.51. The Morgan fingerprint density at radius 1 is 0.339 bits per heavy atom. The van der Waals surface area contributed by atoms with Crippen LogP contribution in [-0.4, -0.2) is 37.2 Å². The van der Waals surface area contributed by atoms with E-state index in [2.05, 4.69) is 106 Å². The molecule has 0 aromatic heterocycles. The predicted octanol–water partition coefficient (Wildman–Crippen LogP) is 16.8. The van der Waals surface area contributed by atoms with Crippen molar-refractivity contribution in [3.8, 4) is 0 Å². The number of hydrogen-bond donors (Lipinski definition) is 0. The average molecular weight is 863 g/mol. The monoisotopic (exact) mass is 863 g/mol. The van der Waals surface area contributed by atoms with Crippen molar-refractivity contribution in [3.05, 3.63) is 85.1 Å². The van der Waals surface area contributed by atoms with Gasteiger partial charge in [-0.05, 0) is 89.9 Å². The summed E-state index contributed by atoms with van der Waals surface area (Å²) < 4.78 is 16.7. The van der Waals surface area contributed by atoms with Crippen LogP contribution in [0.5, 0.6) is 0 Å². The molecule has 1 atom stereocenters. The summed E-state index contributed by atoms with van der Waals surface area (Å²) in [4.78, 5) is 37.9. The first kappa shape index (κ1) is 58.6. The zero-order chi connectivity index (χ0) is 45.1. The molecule has 0 spiro atoms. The highest BCUT2D eigenvalue weighted by Gasteiger charge is 2.19. The maximum absolute atomic E-state index is 12.8. The molecule has 0 bridgehead atoms. The number of esters is 3. The van der Waals surface area contributed by atoms with Crippen molar-refractivity contribution in [1.29, 1.82) is 0 Å². The van der Waals surface area contributed by atoms with E-state index >= 15 is 0 Å². The highest BCUT2D eigenvalue weighted by atomic mass is 16.6. The van der Waals surface area contributed by atoms with Gasteiger partial charge in [0.15, 0.2) is 6.10 Å². The lowest BCUT2D eigenvalue weighted by Crippen LogP contribution is -2.30. The fourth-order valence-corrected chi connectivity index (χ4v) is 6.80. The standard InChI is InChI=1S/C56H94O6/c1-4-7-10-13-16-19-22-25-27-28-30-32-35-37-40-43-46-49-55(58)61-52-53(62-56(59)50-47-44-41-38-33-24-21-18-15-12-9-6-3)51-60-54(57)48-45-42-39-36-34-31-29-26-23-20-17-14-11-8-5-2/h8,11,17,20,25-27,29-30,32,34,36-37,40,53H,4-7,9-10,12-16,18-19,21-24,28,31,33,35,38-39,41-52H2,1-3H3/b11-8-,20-17-,27-25-,29-26-,32-30-,36-34-,40-37-/t53-/m1/s1. The molecule has 62 heavy (non-hydrogen) atoms. The lowest BCUT2D eigenvalue weighted by molar-refractivity contribution is -0.167. The maximum Gasteiger partial charge on any atom is 0.306 e. The molecule has 0 radical (unpaired) electrons. The minimum atomic E-state index is -0.811. The second kappa shape index (κ2) is 50.2. The zero-order valence-corrected chi connectivity index (χ0v) is 40.4. The van der Waals surface area contributed by atoms with Crippen LogP contribution in [0.2, 0.25) is 0 Å². The number of carbonyl (C=O) groups is 3. The van der Waals surface area contributed by atoms with E-state index in [1.54, 1.807) is 0 Å². The van der Waals surface area contributed by atoms with Crippen LogP contribution in [0.3, 0.4) is 0 Å². The van der Waals surface area contributed by atoms with E-state index < -0.39 is 6.10 Å². The van der Waals surface area contributed by atoms with Crippen LogP contribution in [0.1, 0.15) is 233 Å². The van der Waals surface area contributed by atoms with E-state index in [4.69, 9.17) is 14.2 Å². The molecular formula is C56H94O6. The Hall–Kier alpha value is -3.41. The molecule has 0 saturated heterocycles. The summed E-state index contributed by atoms with van der Waals surface area (Å²) in [5, 5.41) is 0. The molecule has 0 heterocycles. The van der Waals surface area contributed by atoms with E-state index in [-0.39, 0.29) is 37.5 Å². The van der Waals surface area contributed by atoms with Crippen molar-refractivity contribution >= 4 is 17.9 Å². The summed E-state index contributed by atoms with van der Waals surface area (Å²) in [7, 11) is 0. The Morgan fingerprint density at radius 2 is 0.645 bits per heavy atom. The first-order valence-electron chi connectivity index (χ1n) is 25.6. The third kappa shape index (κ3) is 47.6. The Kier molecular flexibility index (Phi) is 47.5. The van der Waals surface area contributed by atoms with Crippen LogP contribution < -0.4 is 0 Å². The zero-order valence-electron chi connectivity index (χ0n) is 40.4. The third-order valence-corrected chi connectivity index (χ3v) is 10.6. The summed E-state index contributed by atoms with van der Waals surface area (Å²) in [6.45, 7) is 6.43. The first-order valence-corrected chi connectivity index (χ1v) is 25.6. The van der Waals surface area contributed by atoms with Crippen molar-refractivity contribution in [1.82, 2.24) is 0 Å². The van der Waals surface area contributed by atoms with Crippen LogP contribution in [-0.2, 0) is 28.6 Å². The lowest BCUT2D eigenvalue weighted by Gasteiger charge is -2.18. The molecule has 0 aromatic carbocycles. The van der Waals surface area contributed by atoms with Gasteiger partial charge in [0.25, 0.3) is 0 Å². The predicted molar refractivity (Wildman–Crippen MR) is 265 cm³/mol. The normalized spacial score (nSPS) is 12.8. The molecule has 0 aliphatic rings. The van der Waals surface area contributed by atoms with E-state index in [0.29, 0.717) is 19.3 Å². The average Bonchev–Trinajstić information content (AvgIpc) is 3.27. The second-order valence-corrected chi connectivity index (χ2v) is 16.7. The van der Waals surface area contributed by atoms with E-state index in [1.165, 1.54) is 103 Å². The molecule has 0 rings (SSSR count). The highest BCUT2D eigenvalue weighted by Crippen LogP contribution is 2.14. The summed E-state index contributed by atoms with van der Waals surface area (Å²) in [5.41, 5.74) is 0. The third-order valence-electron chi connectivity index (χ3n) is 10.6. The van der Waals surface area contributed by atoms with E-state index in [0.717, 1.165) is 83.5 Å². The molecule has 0 fully saturated rings. The van der Waals surface area contributed by atoms with Crippen molar-refractivity contribution < 1.29 is 28.6 Å². The fourth-order valence-electron chi connectivity index (χ4n) is 6.80. The van der Waals surface area contributed by atoms with Gasteiger partial charge in [0.2, 0.25) is 0 Å². The Bertz CT molecular complexity index is 1220. The summed E-state index contributed by atoms with van der Waals surface area (Å²) in [5.74, 6) is -1.00. The molecule has 0 unspecified atom stereocenters. The molecule has 0 saturated carbocycles. The topological polar surface area (TPSA) is 78.9 Å². The van der Waals surface area contributed by atoms with Gasteiger partial charge in [0, 0.05) is 19.3 Å². The maximum atomic E-state index is 12.8. The van der Waals surface area contributed by atoms with Crippen molar-refractivity contribution in [2.75, 3.05) is 13.2 Å². The van der Waals surface area contributed by atoms with Gasteiger partial charge in [0.1, 0.15) is 13.2 Å². The van der Waals surface area contributed by atoms with Gasteiger partial charge in [-0.15, -0.1) is 0 Å². The van der Waals surface area contributed by atoms with Gasteiger partial charge >= 0.3 is 17.9 Å². The van der Waals surface area contributed by atoms with Crippen LogP contribution in [0.15, 0.2) is 85.1 Å². The number of carbonyl (C=O) groups excluding carboxylic acids is 3. The summed E-state index contributed by atoms with van der Waals surface area (Å²) in [6, 6.07) is 0. The van der Waals surface area contributed by atoms with Crippen molar-refractivity contribution in [2.24, 2.45) is 0 Å². The van der Waals surface area contributed by atoms with Gasteiger partial charge in [-0.2, -0.15) is 0 Å². The van der Waals surface area contributed by atoms with E-state index in [1.807, 2.05) is 0 Å². The Labute approximate surface area is 382 Å². The molecule has 6 nitrogen and oxygen atoms in total. The van der Waals surface area contributed by atoms with Crippen LogP contribution >= 0.6 is 0 Å². The quantitative estimate of drug-likeness (QED) is 0.0263. The number of unbranched alkanes of at least 4 members (excludes halogenated alkanes) is 20. The smallest absolute Gasteiger partial charge is 0.306 e. The van der Waals surface area contributed by atoms with Crippen LogP contribution in [0, 0.1) is 0 Å². The Morgan fingerprint density at radius 3 is 1.08 bits per heavy atom. The molecule has 0 aliphatic carbocycles. The van der Waals surface area contributed by atoms with Gasteiger partial charge in [-0.25, -0.2) is 0 Å². The van der Waals surface area contributed by atoms with Crippen molar-refractivity contribution in [3.63, 3.8) is 0 Å². The van der Waals surface area contributed by atoms with Crippen LogP contribution in [0.25, 0.3) is 0 Å². The molecule has 0 amide bonds. The molecule has 0 aliphatic heterocycles. The van der Waals surface area contributed by atoms with Crippen molar-refractivity contribution in [2.45, 2.75) is 239 Å². The van der Waals surface area contributed by atoms with Gasteiger partial charge in [0.05, 0.1) is 0 Å². The SMILES string of the molecule is CC/C=C\C/C=C\C/C=C\C/C=C\CCCCC(=O)OC[C@H](COC(=O)CCC/C=C\C/C=C\C/C=C\CCCCCCCC)OC(=O)CCCCCCCCCCCCCC. The first-order chi connectivity index (χ1) is 30.5. The number of rotatable bonds is 45. The summed E-state index contributed by atoms with van der Waals surface area (Å²) in [6.07, 6.45) is 64.3. The molecular weight excluding hydrogens is 769 g/mol. The van der Waals surface area contributed by atoms with E-state index in [9.17, 15) is 14.4 Å². The second-order valence-electron chi connectivity index (χ2n) is 16.7. The highest BCUT2D eigenvalue weighted by molar-refractivity contribution is 5.71.